The molecule has 2 aromatic rings. The summed E-state index contributed by atoms with van der Waals surface area (Å²) in [6.07, 6.45) is 4.86. The minimum absolute atomic E-state index is 0.0111. The second kappa shape index (κ2) is 5.53. The molecule has 1 aliphatic heterocycles. The first-order valence-electron chi connectivity index (χ1n) is 8.37. The van der Waals surface area contributed by atoms with E-state index in [2.05, 4.69) is 72.7 Å². The number of hydrogen-bond acceptors (Lipinski definition) is 2. The Bertz CT molecular complexity index is 577. The summed E-state index contributed by atoms with van der Waals surface area (Å²) < 4.78 is 0. The molecule has 0 amide bonds. The van der Waals surface area contributed by atoms with E-state index in [1.807, 2.05) is 0 Å². The second-order valence-corrected chi connectivity index (χ2v) is 6.77. The molecule has 2 nitrogen and oxygen atoms in total. The fourth-order valence-electron chi connectivity index (χ4n) is 3.71. The van der Waals surface area contributed by atoms with E-state index in [9.17, 15) is 0 Å². The maximum Gasteiger partial charge on any atom is 0.166 e. The van der Waals surface area contributed by atoms with Crippen LogP contribution in [-0.4, -0.2) is 10.8 Å². The van der Waals surface area contributed by atoms with Crippen LogP contribution in [0.25, 0.3) is 0 Å². The first kappa shape index (κ1) is 14.0. The summed E-state index contributed by atoms with van der Waals surface area (Å²) in [5, 5.41) is 2.25. The van der Waals surface area contributed by atoms with E-state index < -0.39 is 0 Å². The van der Waals surface area contributed by atoms with E-state index in [1.54, 1.807) is 0 Å². The number of hydrogen-bond donors (Lipinski definition) is 0. The van der Waals surface area contributed by atoms with Gasteiger partial charge in [-0.3, -0.25) is 4.84 Å². The van der Waals surface area contributed by atoms with Gasteiger partial charge in [0.1, 0.15) is 0 Å². The summed E-state index contributed by atoms with van der Waals surface area (Å²) >= 11 is 0. The van der Waals surface area contributed by atoms with Gasteiger partial charge in [-0.05, 0) is 42.7 Å². The van der Waals surface area contributed by atoms with Crippen molar-refractivity contribution in [2.75, 3.05) is 0 Å². The molecule has 4 rings (SSSR count). The summed E-state index contributed by atoms with van der Waals surface area (Å²) in [5.74, 6) is 0.837. The van der Waals surface area contributed by atoms with Crippen LogP contribution in [0.3, 0.4) is 0 Å². The maximum absolute atomic E-state index is 6.20. The molecule has 1 aliphatic carbocycles. The molecule has 2 aromatic carbocycles. The minimum Gasteiger partial charge on any atom is -0.271 e. The highest BCUT2D eigenvalue weighted by molar-refractivity contribution is 5.32. The molecule has 0 aromatic heterocycles. The standard InChI is InChI=1S/C20H23NO/c1-16-12-14-20(15-13-16)21(22-20)19(17-8-4-2-5-9-17)18-10-6-3-7-11-18/h2-11,16,19H,12-15H2,1H3. The van der Waals surface area contributed by atoms with Crippen molar-refractivity contribution in [1.29, 1.82) is 0 Å². The largest absolute Gasteiger partial charge is 0.271 e. The summed E-state index contributed by atoms with van der Waals surface area (Å²) in [4.78, 5) is 6.20. The van der Waals surface area contributed by atoms with Gasteiger partial charge in [-0.2, -0.15) is 0 Å². The fourth-order valence-corrected chi connectivity index (χ4v) is 3.71. The topological polar surface area (TPSA) is 15.5 Å². The van der Waals surface area contributed by atoms with Crippen LogP contribution in [0.5, 0.6) is 0 Å². The van der Waals surface area contributed by atoms with Crippen LogP contribution in [0.2, 0.25) is 0 Å². The molecule has 1 saturated carbocycles. The molecule has 2 heteroatoms. The minimum atomic E-state index is -0.0111. The monoisotopic (exact) mass is 293 g/mol. The Balaban J connectivity index is 1.65. The Hall–Kier alpha value is -1.64. The number of hydroxylamine groups is 2. The molecule has 1 unspecified atom stereocenters. The van der Waals surface area contributed by atoms with Crippen LogP contribution in [0, 0.1) is 5.92 Å². The van der Waals surface area contributed by atoms with Gasteiger partial charge >= 0.3 is 0 Å². The zero-order valence-electron chi connectivity index (χ0n) is 13.1. The van der Waals surface area contributed by atoms with Gasteiger partial charge in [0.15, 0.2) is 5.72 Å². The van der Waals surface area contributed by atoms with Crippen LogP contribution in [0.1, 0.15) is 49.8 Å². The van der Waals surface area contributed by atoms with Crippen LogP contribution in [-0.2, 0) is 4.84 Å². The first-order valence-corrected chi connectivity index (χ1v) is 8.37. The molecule has 0 bridgehead atoms. The SMILES string of the molecule is CC1CCC2(CC1)ON2C(c1ccccc1)c1ccccc1. The van der Waals surface area contributed by atoms with E-state index in [1.165, 1.54) is 24.0 Å². The molecule has 2 aliphatic rings. The number of benzene rings is 2. The molecule has 114 valence electrons. The van der Waals surface area contributed by atoms with Crippen LogP contribution >= 0.6 is 0 Å². The molecule has 1 heterocycles. The van der Waals surface area contributed by atoms with Crippen molar-refractivity contribution in [2.45, 2.75) is 44.4 Å². The van der Waals surface area contributed by atoms with Crippen molar-refractivity contribution < 1.29 is 4.84 Å². The molecule has 0 radical (unpaired) electrons. The lowest BCUT2D eigenvalue weighted by Crippen LogP contribution is -2.27. The molecule has 0 N–H and O–H groups in total. The average Bonchev–Trinajstić information content (AvgIpc) is 3.26. The highest BCUT2D eigenvalue weighted by Gasteiger charge is 2.59. The van der Waals surface area contributed by atoms with Gasteiger partial charge in [-0.1, -0.05) is 67.6 Å². The van der Waals surface area contributed by atoms with Crippen molar-refractivity contribution in [1.82, 2.24) is 5.06 Å². The van der Waals surface area contributed by atoms with Crippen molar-refractivity contribution in [3.63, 3.8) is 0 Å². The predicted molar refractivity (Wildman–Crippen MR) is 88.0 cm³/mol. The third kappa shape index (κ3) is 2.47. The molecule has 22 heavy (non-hydrogen) atoms. The van der Waals surface area contributed by atoms with Crippen LogP contribution < -0.4 is 0 Å². The zero-order valence-corrected chi connectivity index (χ0v) is 13.1. The van der Waals surface area contributed by atoms with Gasteiger partial charge in [-0.25, -0.2) is 0 Å². The summed E-state index contributed by atoms with van der Waals surface area (Å²) in [5.41, 5.74) is 2.61. The van der Waals surface area contributed by atoms with Gasteiger partial charge in [0, 0.05) is 0 Å². The maximum atomic E-state index is 6.20. The highest BCUT2D eigenvalue weighted by Crippen LogP contribution is 2.54. The first-order chi connectivity index (χ1) is 10.8. The van der Waals surface area contributed by atoms with E-state index >= 15 is 0 Å². The van der Waals surface area contributed by atoms with Gasteiger partial charge in [0.05, 0.1) is 6.04 Å². The Labute approximate surface area is 132 Å². The number of nitrogens with zero attached hydrogens (tertiary/aromatic N) is 1. The third-order valence-electron chi connectivity index (χ3n) is 5.16. The van der Waals surface area contributed by atoms with E-state index in [4.69, 9.17) is 4.84 Å². The lowest BCUT2D eigenvalue weighted by Gasteiger charge is -2.26. The summed E-state index contributed by atoms with van der Waals surface area (Å²) in [6, 6.07) is 21.6. The molecule has 2 fully saturated rings. The van der Waals surface area contributed by atoms with Crippen molar-refractivity contribution in [2.24, 2.45) is 5.92 Å². The molecular formula is C20H23NO. The number of rotatable bonds is 3. The van der Waals surface area contributed by atoms with Crippen molar-refractivity contribution >= 4 is 0 Å². The highest BCUT2D eigenvalue weighted by atomic mass is 16.9. The smallest absolute Gasteiger partial charge is 0.166 e. The Morgan fingerprint density at radius 3 is 1.91 bits per heavy atom. The van der Waals surface area contributed by atoms with Crippen LogP contribution in [0.15, 0.2) is 60.7 Å². The van der Waals surface area contributed by atoms with Gasteiger partial charge < -0.3 is 0 Å². The van der Waals surface area contributed by atoms with Crippen LogP contribution in [0.4, 0.5) is 0 Å². The molecule has 1 saturated heterocycles. The normalized spacial score (nSPS) is 30.6. The molecule has 1 spiro atoms. The third-order valence-corrected chi connectivity index (χ3v) is 5.16. The van der Waals surface area contributed by atoms with E-state index in [0.717, 1.165) is 18.8 Å². The van der Waals surface area contributed by atoms with Crippen molar-refractivity contribution in [3.05, 3.63) is 71.8 Å². The van der Waals surface area contributed by atoms with Gasteiger partial charge in [-0.15, -0.1) is 5.06 Å². The van der Waals surface area contributed by atoms with E-state index in [0.29, 0.717) is 0 Å². The van der Waals surface area contributed by atoms with Crippen molar-refractivity contribution in [3.8, 4) is 0 Å². The second-order valence-electron chi connectivity index (χ2n) is 6.77. The summed E-state index contributed by atoms with van der Waals surface area (Å²) in [7, 11) is 0. The predicted octanol–water partition coefficient (Wildman–Crippen LogP) is 4.93. The Kier molecular flexibility index (Phi) is 3.51. The van der Waals surface area contributed by atoms with E-state index in [-0.39, 0.29) is 11.8 Å². The average molecular weight is 293 g/mol. The Morgan fingerprint density at radius 2 is 1.41 bits per heavy atom. The molecular weight excluding hydrogens is 270 g/mol. The lowest BCUT2D eigenvalue weighted by atomic mass is 9.85. The van der Waals surface area contributed by atoms with Gasteiger partial charge in [0.25, 0.3) is 0 Å². The Morgan fingerprint density at radius 1 is 0.909 bits per heavy atom. The summed E-state index contributed by atoms with van der Waals surface area (Å²) in [6.45, 7) is 2.35. The fraction of sp³-hybridized carbons (Fsp3) is 0.400. The quantitative estimate of drug-likeness (QED) is 0.746. The van der Waals surface area contributed by atoms with Gasteiger partial charge in [0.2, 0.25) is 0 Å². The zero-order chi connectivity index (χ0) is 15.0. The molecule has 1 atom stereocenters. The lowest BCUT2D eigenvalue weighted by molar-refractivity contribution is 0.157.